The molecule has 0 fully saturated rings. The van der Waals surface area contributed by atoms with Crippen LogP contribution in [0.15, 0.2) is 41.5 Å². The summed E-state index contributed by atoms with van der Waals surface area (Å²) in [4.78, 5) is 11.2. The Hall–Kier alpha value is -1.61. The zero-order valence-corrected chi connectivity index (χ0v) is 9.40. The molecule has 3 heteroatoms. The molecule has 1 aromatic rings. The second-order valence-electron chi connectivity index (χ2n) is 3.84. The maximum absolute atomic E-state index is 11.2. The van der Waals surface area contributed by atoms with Crippen LogP contribution in [0.5, 0.6) is 0 Å². The molecule has 0 spiro atoms. The van der Waals surface area contributed by atoms with E-state index in [1.165, 1.54) is 0 Å². The number of benzene rings is 1. The highest BCUT2D eigenvalue weighted by molar-refractivity contribution is 5.91. The van der Waals surface area contributed by atoms with Gasteiger partial charge in [0, 0.05) is 11.1 Å². The molecule has 1 aliphatic heterocycles. The predicted octanol–water partition coefficient (Wildman–Crippen LogP) is 2.42. The van der Waals surface area contributed by atoms with Crippen LogP contribution < -0.4 is 0 Å². The number of hydrogen-bond donors (Lipinski definition) is 0. The van der Waals surface area contributed by atoms with Gasteiger partial charge < -0.3 is 9.47 Å². The minimum absolute atomic E-state index is 0.282. The maximum atomic E-state index is 11.2. The van der Waals surface area contributed by atoms with E-state index in [4.69, 9.17) is 9.47 Å². The van der Waals surface area contributed by atoms with Crippen LogP contribution in [0.1, 0.15) is 19.4 Å². The monoisotopic (exact) mass is 218 g/mol. The molecule has 16 heavy (non-hydrogen) atoms. The third-order valence-electron chi connectivity index (χ3n) is 2.71. The predicted molar refractivity (Wildman–Crippen MR) is 59.5 cm³/mol. The van der Waals surface area contributed by atoms with Crippen molar-refractivity contribution in [2.45, 2.75) is 26.7 Å². The number of cyclic esters (lactones) is 1. The maximum Gasteiger partial charge on any atom is 0.336 e. The molecule has 0 saturated heterocycles. The first kappa shape index (κ1) is 10.9. The number of carbonyl (C=O) groups is 1. The Morgan fingerprint density at radius 2 is 1.94 bits per heavy atom. The lowest BCUT2D eigenvalue weighted by Gasteiger charge is -2.12. The highest BCUT2D eigenvalue weighted by Crippen LogP contribution is 2.23. The molecule has 0 bridgehead atoms. The lowest BCUT2D eigenvalue weighted by Crippen LogP contribution is -2.15. The minimum Gasteiger partial charge on any atom is -0.428 e. The Morgan fingerprint density at radius 1 is 1.25 bits per heavy atom. The molecule has 0 radical (unpaired) electrons. The van der Waals surface area contributed by atoms with Crippen LogP contribution in [-0.4, -0.2) is 12.3 Å². The van der Waals surface area contributed by atoms with E-state index in [0.29, 0.717) is 12.2 Å². The van der Waals surface area contributed by atoms with E-state index in [0.717, 1.165) is 11.1 Å². The summed E-state index contributed by atoms with van der Waals surface area (Å²) in [6, 6.07) is 9.81. The molecule has 1 aliphatic rings. The molecular formula is C13H14O3. The van der Waals surface area contributed by atoms with Crippen LogP contribution in [-0.2, 0) is 20.9 Å². The summed E-state index contributed by atoms with van der Waals surface area (Å²) in [5.74, 6) is -0.282. The van der Waals surface area contributed by atoms with Gasteiger partial charge in [0.2, 0.25) is 6.29 Å². The zero-order chi connectivity index (χ0) is 11.5. The molecule has 1 heterocycles. The average Bonchev–Trinajstić information content (AvgIpc) is 2.56. The standard InChI is InChI=1S/C13H14O3/c1-9-10(2)13(16-12(9)14)15-8-11-6-4-3-5-7-11/h3-7,13H,8H2,1-2H3. The largest absolute Gasteiger partial charge is 0.428 e. The Balaban J connectivity index is 1.96. The molecule has 0 amide bonds. The summed E-state index contributed by atoms with van der Waals surface area (Å²) in [5.41, 5.74) is 2.58. The van der Waals surface area contributed by atoms with Crippen molar-refractivity contribution in [1.29, 1.82) is 0 Å². The number of esters is 1. The first-order chi connectivity index (χ1) is 7.68. The van der Waals surface area contributed by atoms with E-state index in [-0.39, 0.29) is 5.97 Å². The number of rotatable bonds is 3. The molecule has 1 unspecified atom stereocenters. The van der Waals surface area contributed by atoms with E-state index >= 15 is 0 Å². The van der Waals surface area contributed by atoms with E-state index in [1.54, 1.807) is 6.92 Å². The Kier molecular flexibility index (Phi) is 3.06. The highest BCUT2D eigenvalue weighted by atomic mass is 16.7. The summed E-state index contributed by atoms with van der Waals surface area (Å²) in [6.07, 6.45) is -0.521. The first-order valence-corrected chi connectivity index (χ1v) is 5.22. The molecule has 0 N–H and O–H groups in total. The van der Waals surface area contributed by atoms with Crippen molar-refractivity contribution in [3.63, 3.8) is 0 Å². The van der Waals surface area contributed by atoms with E-state index in [2.05, 4.69) is 0 Å². The van der Waals surface area contributed by atoms with Crippen molar-refractivity contribution < 1.29 is 14.3 Å². The minimum atomic E-state index is -0.521. The van der Waals surface area contributed by atoms with Gasteiger partial charge in [-0.1, -0.05) is 30.3 Å². The van der Waals surface area contributed by atoms with Gasteiger partial charge in [0.05, 0.1) is 6.61 Å². The molecule has 1 atom stereocenters. The summed E-state index contributed by atoms with van der Waals surface area (Å²) in [6.45, 7) is 4.06. The normalized spacial score (nSPS) is 20.1. The Labute approximate surface area is 94.7 Å². The third-order valence-corrected chi connectivity index (χ3v) is 2.71. The number of hydrogen-bond acceptors (Lipinski definition) is 3. The molecule has 0 aliphatic carbocycles. The van der Waals surface area contributed by atoms with Gasteiger partial charge in [-0.3, -0.25) is 0 Å². The van der Waals surface area contributed by atoms with E-state index in [1.807, 2.05) is 37.3 Å². The van der Waals surface area contributed by atoms with Gasteiger partial charge in [-0.25, -0.2) is 4.79 Å². The molecule has 0 saturated carbocycles. The van der Waals surface area contributed by atoms with Gasteiger partial charge in [-0.15, -0.1) is 0 Å². The lowest BCUT2D eigenvalue weighted by molar-refractivity contribution is -0.161. The van der Waals surface area contributed by atoms with Crippen molar-refractivity contribution in [2.75, 3.05) is 0 Å². The van der Waals surface area contributed by atoms with Crippen molar-refractivity contribution in [1.82, 2.24) is 0 Å². The molecular weight excluding hydrogens is 204 g/mol. The molecule has 3 nitrogen and oxygen atoms in total. The molecule has 1 aromatic carbocycles. The SMILES string of the molecule is CC1=C(C)C(OCc2ccccc2)OC1=O. The van der Waals surface area contributed by atoms with Crippen LogP contribution in [0.2, 0.25) is 0 Å². The van der Waals surface area contributed by atoms with E-state index in [9.17, 15) is 4.79 Å². The summed E-state index contributed by atoms with van der Waals surface area (Å²) >= 11 is 0. The summed E-state index contributed by atoms with van der Waals surface area (Å²) in [7, 11) is 0. The first-order valence-electron chi connectivity index (χ1n) is 5.22. The fourth-order valence-electron chi connectivity index (χ4n) is 1.52. The second-order valence-corrected chi connectivity index (χ2v) is 3.84. The fraction of sp³-hybridized carbons (Fsp3) is 0.308. The van der Waals surface area contributed by atoms with Crippen molar-refractivity contribution in [3.8, 4) is 0 Å². The average molecular weight is 218 g/mol. The molecule has 2 rings (SSSR count). The molecule has 84 valence electrons. The lowest BCUT2D eigenvalue weighted by atomic mass is 10.2. The quantitative estimate of drug-likeness (QED) is 0.731. The van der Waals surface area contributed by atoms with Crippen molar-refractivity contribution >= 4 is 5.97 Å². The zero-order valence-electron chi connectivity index (χ0n) is 9.40. The summed E-state index contributed by atoms with van der Waals surface area (Å²) in [5, 5.41) is 0. The summed E-state index contributed by atoms with van der Waals surface area (Å²) < 4.78 is 10.6. The van der Waals surface area contributed by atoms with Gasteiger partial charge in [0.25, 0.3) is 0 Å². The van der Waals surface area contributed by atoms with E-state index < -0.39 is 6.29 Å². The van der Waals surface area contributed by atoms with Gasteiger partial charge in [0.1, 0.15) is 0 Å². The molecule has 0 aromatic heterocycles. The number of ether oxygens (including phenoxy) is 2. The third kappa shape index (κ3) is 2.14. The van der Waals surface area contributed by atoms with Crippen molar-refractivity contribution in [3.05, 3.63) is 47.0 Å². The van der Waals surface area contributed by atoms with Crippen LogP contribution in [0.25, 0.3) is 0 Å². The smallest absolute Gasteiger partial charge is 0.336 e. The van der Waals surface area contributed by atoms with Crippen LogP contribution in [0.3, 0.4) is 0 Å². The Bertz CT molecular complexity index is 420. The fourth-order valence-corrected chi connectivity index (χ4v) is 1.52. The van der Waals surface area contributed by atoms with Gasteiger partial charge in [-0.05, 0) is 19.4 Å². The van der Waals surface area contributed by atoms with Crippen LogP contribution >= 0.6 is 0 Å². The Morgan fingerprint density at radius 3 is 2.50 bits per heavy atom. The second kappa shape index (κ2) is 4.49. The van der Waals surface area contributed by atoms with Crippen LogP contribution in [0.4, 0.5) is 0 Å². The van der Waals surface area contributed by atoms with Crippen molar-refractivity contribution in [2.24, 2.45) is 0 Å². The van der Waals surface area contributed by atoms with Gasteiger partial charge >= 0.3 is 5.97 Å². The van der Waals surface area contributed by atoms with Gasteiger partial charge in [0.15, 0.2) is 0 Å². The topological polar surface area (TPSA) is 35.5 Å². The highest BCUT2D eigenvalue weighted by Gasteiger charge is 2.28. The van der Waals surface area contributed by atoms with Crippen LogP contribution in [0, 0.1) is 0 Å². The number of carbonyl (C=O) groups excluding carboxylic acids is 1. The van der Waals surface area contributed by atoms with Gasteiger partial charge in [-0.2, -0.15) is 0 Å².